The number of primary amides is 1. The Kier molecular flexibility index (Phi) is 14.8. The molecule has 0 saturated carbocycles. The molecule has 9 nitrogen and oxygen atoms in total. The number of hydrogen-bond acceptors (Lipinski definition) is 7. The summed E-state index contributed by atoms with van der Waals surface area (Å²) in [4.78, 5) is 25.5. The van der Waals surface area contributed by atoms with Crippen LogP contribution in [0.5, 0.6) is 6.01 Å². The first kappa shape index (κ1) is 35.7. The number of nitrogens with two attached hydrogens (primary N) is 2. The molecule has 1 atom stereocenters. The lowest BCUT2D eigenvalue weighted by molar-refractivity contribution is -0.120. The van der Waals surface area contributed by atoms with E-state index >= 15 is 0 Å². The number of carbonyl (C=O) groups is 1. The lowest BCUT2D eigenvalue weighted by Crippen LogP contribution is -2.26. The summed E-state index contributed by atoms with van der Waals surface area (Å²) in [5.41, 5.74) is 19.7. The van der Waals surface area contributed by atoms with E-state index in [0.717, 1.165) is 39.7 Å². The summed E-state index contributed by atoms with van der Waals surface area (Å²) in [7, 11) is 0. The van der Waals surface area contributed by atoms with Gasteiger partial charge in [0.1, 0.15) is 0 Å². The maximum absolute atomic E-state index is 12.1. The lowest BCUT2D eigenvalue weighted by Gasteiger charge is -2.17. The summed E-state index contributed by atoms with van der Waals surface area (Å²) in [5, 5.41) is 8.09. The van der Waals surface area contributed by atoms with Gasteiger partial charge in [-0.25, -0.2) is 4.98 Å². The Labute approximate surface area is 262 Å². The number of H-pyrrole nitrogens is 1. The van der Waals surface area contributed by atoms with Gasteiger partial charge >= 0.3 is 6.01 Å². The van der Waals surface area contributed by atoms with Crippen molar-refractivity contribution < 1.29 is 9.53 Å². The van der Waals surface area contributed by atoms with Crippen molar-refractivity contribution in [3.05, 3.63) is 82.6 Å². The molecular weight excluding hydrogens is 550 g/mol. The Bertz CT molecular complexity index is 1540. The molecule has 0 aliphatic heterocycles. The van der Waals surface area contributed by atoms with Crippen molar-refractivity contribution in [3.63, 3.8) is 0 Å². The van der Waals surface area contributed by atoms with Gasteiger partial charge in [0.15, 0.2) is 0 Å². The molecule has 236 valence electrons. The Morgan fingerprint density at radius 2 is 1.86 bits per heavy atom. The van der Waals surface area contributed by atoms with Crippen molar-refractivity contribution in [2.45, 2.75) is 81.1 Å². The molecular formula is C35H49N7O2. The summed E-state index contributed by atoms with van der Waals surface area (Å²) in [6.07, 6.45) is 15.4. The zero-order chi connectivity index (χ0) is 32.6. The van der Waals surface area contributed by atoms with Crippen LogP contribution >= 0.6 is 0 Å². The minimum atomic E-state index is -0.672. The molecule has 0 spiro atoms. The number of aromatic nitrogens is 4. The molecule has 5 N–H and O–H groups in total. The number of ether oxygens (including phenoxy) is 1. The van der Waals surface area contributed by atoms with E-state index in [0.29, 0.717) is 30.0 Å². The van der Waals surface area contributed by atoms with Crippen molar-refractivity contribution in [1.82, 2.24) is 20.2 Å². The van der Waals surface area contributed by atoms with E-state index in [4.69, 9.17) is 16.2 Å². The number of nitrogens with zero attached hydrogens (tertiary/aromatic N) is 4. The number of aryl methyl sites for hydroxylation is 1. The maximum Gasteiger partial charge on any atom is 0.316 e. The van der Waals surface area contributed by atoms with Crippen LogP contribution in [0.15, 0.2) is 70.8 Å². The Balaban J connectivity index is 0.00000159. The van der Waals surface area contributed by atoms with Crippen LogP contribution in [-0.2, 0) is 4.79 Å². The standard InChI is InChI=1S/C31H39N7O2.C4H10/c1-7-19(3)11-14-34-23(8-2)13-16-40-31-35-15-12-26(37-31)21(5)17-24(29(32)22(6)30(33)39)28-20(4)9-10-27-25(28)18-36-38-27;1-3-4-2/h8-12,14-15,17-18,22H,7,13,16,32H2,1-6H3,(H2,33,39)(H,36,38);3-4H2,1-2H3/b19-11+,21-17+,23-8-,29-24-,34-14+;. The number of hydrogen-bond donors (Lipinski definition) is 3. The number of rotatable bonds is 13. The molecule has 44 heavy (non-hydrogen) atoms. The predicted octanol–water partition coefficient (Wildman–Crippen LogP) is 7.46. The summed E-state index contributed by atoms with van der Waals surface area (Å²) in [6.45, 7) is 16.5. The van der Waals surface area contributed by atoms with Crippen molar-refractivity contribution >= 4 is 34.2 Å². The number of unbranched alkanes of at least 4 members (excludes halogenated alkanes) is 1. The second-order valence-corrected chi connectivity index (χ2v) is 10.7. The molecule has 3 aromatic rings. The average molecular weight is 600 g/mol. The zero-order valence-electron chi connectivity index (χ0n) is 27.6. The SMILES string of the molecule is CCCC.C\C=C(CCOc1nccc(/C(C)=C/C(=C(/N)C(C)C(N)=O)c2c(C)ccc3[nH]ncc23)n1)/N=C/C=C(\C)CC. The third-order valence-corrected chi connectivity index (χ3v) is 7.28. The van der Waals surface area contributed by atoms with E-state index in [2.05, 4.69) is 52.9 Å². The van der Waals surface area contributed by atoms with Crippen LogP contribution in [0.1, 0.15) is 91.0 Å². The topological polar surface area (TPSA) is 145 Å². The Morgan fingerprint density at radius 3 is 2.50 bits per heavy atom. The van der Waals surface area contributed by atoms with E-state index in [1.807, 2.05) is 57.3 Å². The number of carbonyl (C=O) groups excluding carboxylic acids is 1. The number of aromatic amines is 1. The fourth-order valence-electron chi connectivity index (χ4n) is 4.00. The van der Waals surface area contributed by atoms with Crippen molar-refractivity contribution in [1.29, 1.82) is 0 Å². The van der Waals surface area contributed by atoms with Crippen LogP contribution in [0.2, 0.25) is 0 Å². The first-order chi connectivity index (χ1) is 21.1. The molecule has 3 rings (SSSR count). The van der Waals surface area contributed by atoms with Gasteiger partial charge in [-0.2, -0.15) is 10.1 Å². The van der Waals surface area contributed by atoms with Gasteiger partial charge in [0, 0.05) is 41.2 Å². The van der Waals surface area contributed by atoms with E-state index < -0.39 is 11.8 Å². The number of amides is 1. The fraction of sp³-hybridized carbons (Fsp3) is 0.400. The Morgan fingerprint density at radius 1 is 1.14 bits per heavy atom. The lowest BCUT2D eigenvalue weighted by atomic mass is 9.90. The minimum Gasteiger partial charge on any atom is -0.463 e. The largest absolute Gasteiger partial charge is 0.463 e. The average Bonchev–Trinajstić information content (AvgIpc) is 3.51. The van der Waals surface area contributed by atoms with Gasteiger partial charge in [-0.05, 0) is 82.0 Å². The molecule has 0 radical (unpaired) electrons. The fourth-order valence-corrected chi connectivity index (χ4v) is 4.00. The highest BCUT2D eigenvalue weighted by Gasteiger charge is 2.20. The van der Waals surface area contributed by atoms with Crippen LogP contribution < -0.4 is 16.2 Å². The highest BCUT2D eigenvalue weighted by molar-refractivity contribution is 5.99. The zero-order valence-corrected chi connectivity index (χ0v) is 27.6. The molecule has 1 unspecified atom stereocenters. The van der Waals surface area contributed by atoms with Crippen LogP contribution in [-0.4, -0.2) is 38.9 Å². The summed E-state index contributed by atoms with van der Waals surface area (Å²) < 4.78 is 5.86. The minimum absolute atomic E-state index is 0.267. The smallest absolute Gasteiger partial charge is 0.316 e. The molecule has 1 amide bonds. The normalized spacial score (nSPS) is 13.9. The van der Waals surface area contributed by atoms with E-state index in [-0.39, 0.29) is 6.01 Å². The second kappa shape index (κ2) is 18.2. The third kappa shape index (κ3) is 10.3. The van der Waals surface area contributed by atoms with Crippen LogP contribution in [0.4, 0.5) is 0 Å². The molecule has 9 heteroatoms. The number of benzene rings is 1. The number of fused-ring (bicyclic) bond motifs is 1. The van der Waals surface area contributed by atoms with Gasteiger partial charge in [-0.3, -0.25) is 14.9 Å². The molecule has 0 saturated heterocycles. The first-order valence-electron chi connectivity index (χ1n) is 15.3. The number of nitrogens with one attached hydrogen (secondary N) is 1. The summed E-state index contributed by atoms with van der Waals surface area (Å²) in [5.74, 6) is -1.17. The molecule has 0 fully saturated rings. The maximum atomic E-state index is 12.1. The monoisotopic (exact) mass is 599 g/mol. The molecule has 2 aromatic heterocycles. The van der Waals surface area contributed by atoms with Crippen LogP contribution in [0.3, 0.4) is 0 Å². The van der Waals surface area contributed by atoms with E-state index in [1.165, 1.54) is 18.4 Å². The molecule has 1 aromatic carbocycles. The quantitative estimate of drug-likeness (QED) is 0.137. The van der Waals surface area contributed by atoms with Crippen LogP contribution in [0.25, 0.3) is 22.0 Å². The van der Waals surface area contributed by atoms with E-state index in [9.17, 15) is 4.79 Å². The van der Waals surface area contributed by atoms with Gasteiger partial charge in [-0.1, -0.05) is 51.3 Å². The highest BCUT2D eigenvalue weighted by atomic mass is 16.5. The molecule has 0 bridgehead atoms. The van der Waals surface area contributed by atoms with Crippen molar-refractivity contribution in [3.8, 4) is 6.01 Å². The van der Waals surface area contributed by atoms with Gasteiger partial charge in [-0.15, -0.1) is 0 Å². The number of aliphatic imine (C=N–C) groups is 1. The van der Waals surface area contributed by atoms with Crippen molar-refractivity contribution in [2.24, 2.45) is 22.4 Å². The molecule has 0 aliphatic rings. The Hall–Kier alpha value is -4.53. The summed E-state index contributed by atoms with van der Waals surface area (Å²) >= 11 is 0. The van der Waals surface area contributed by atoms with Gasteiger partial charge < -0.3 is 16.2 Å². The van der Waals surface area contributed by atoms with Gasteiger partial charge in [0.25, 0.3) is 0 Å². The first-order valence-corrected chi connectivity index (χ1v) is 15.3. The summed E-state index contributed by atoms with van der Waals surface area (Å²) in [6, 6.07) is 6.02. The molecule has 2 heterocycles. The van der Waals surface area contributed by atoms with Gasteiger partial charge in [0.05, 0.1) is 29.9 Å². The second-order valence-electron chi connectivity index (χ2n) is 10.7. The number of allylic oxidation sites excluding steroid dienone is 6. The highest BCUT2D eigenvalue weighted by Crippen LogP contribution is 2.33. The van der Waals surface area contributed by atoms with Crippen molar-refractivity contribution in [2.75, 3.05) is 6.61 Å². The predicted molar refractivity (Wildman–Crippen MR) is 183 cm³/mol. The third-order valence-electron chi connectivity index (χ3n) is 7.28. The van der Waals surface area contributed by atoms with Crippen LogP contribution in [0, 0.1) is 12.8 Å². The van der Waals surface area contributed by atoms with Gasteiger partial charge in [0.2, 0.25) is 5.91 Å². The van der Waals surface area contributed by atoms with E-state index in [1.54, 1.807) is 25.4 Å². The molecule has 0 aliphatic carbocycles.